The molecule has 3 nitrogen and oxygen atoms in total. The molecule has 5 aromatic rings. The molecule has 0 bridgehead atoms. The van der Waals surface area contributed by atoms with Gasteiger partial charge in [-0.3, -0.25) is 4.98 Å². The van der Waals surface area contributed by atoms with Crippen LogP contribution in [0.1, 0.15) is 25.1 Å². The van der Waals surface area contributed by atoms with Crippen LogP contribution >= 0.6 is 0 Å². The first-order valence-corrected chi connectivity index (χ1v) is 9.77. The number of nitrogens with zero attached hydrogens (tertiary/aromatic N) is 2. The van der Waals surface area contributed by atoms with E-state index in [-0.39, 0.29) is 0 Å². The van der Waals surface area contributed by atoms with Crippen LogP contribution in [0.4, 0.5) is 0 Å². The number of fused-ring (bicyclic) bond motifs is 5. The van der Waals surface area contributed by atoms with Crippen molar-refractivity contribution >= 4 is 32.8 Å². The molecule has 3 heteroatoms. The molecule has 0 saturated heterocycles. The molecule has 0 unspecified atom stereocenters. The molecule has 3 heterocycles. The first-order valence-electron chi connectivity index (χ1n) is 9.77. The molecule has 138 valence electrons. The Balaban J connectivity index is 1.78. The van der Waals surface area contributed by atoms with Crippen molar-refractivity contribution in [2.24, 2.45) is 5.92 Å². The second-order valence-electron chi connectivity index (χ2n) is 7.90. The van der Waals surface area contributed by atoms with E-state index < -0.39 is 0 Å². The van der Waals surface area contributed by atoms with Crippen LogP contribution in [0.15, 0.2) is 65.2 Å². The summed E-state index contributed by atoms with van der Waals surface area (Å²) >= 11 is 0. The van der Waals surface area contributed by atoms with Gasteiger partial charge in [-0.1, -0.05) is 38.1 Å². The van der Waals surface area contributed by atoms with Gasteiger partial charge < -0.3 is 4.42 Å². The smallest absolute Gasteiger partial charge is 0.161 e. The third kappa shape index (κ3) is 2.75. The van der Waals surface area contributed by atoms with Crippen LogP contribution in [0.2, 0.25) is 0 Å². The van der Waals surface area contributed by atoms with Crippen molar-refractivity contribution < 1.29 is 4.42 Å². The van der Waals surface area contributed by atoms with Gasteiger partial charge in [-0.25, -0.2) is 4.98 Å². The Labute approximate surface area is 164 Å². The zero-order valence-electron chi connectivity index (χ0n) is 16.4. The number of pyridine rings is 2. The molecule has 3 aromatic heterocycles. The topological polar surface area (TPSA) is 38.9 Å². The van der Waals surface area contributed by atoms with Crippen LogP contribution in [0.3, 0.4) is 0 Å². The normalized spacial score (nSPS) is 11.9. The van der Waals surface area contributed by atoms with Crippen LogP contribution in [-0.2, 0) is 6.42 Å². The predicted octanol–water partition coefficient (Wildman–Crippen LogP) is 6.70. The SMILES string of the molecule is Cc1ccc2ccc3c4cccc(-c5cc(CC(C)C)ccn5)c4oc3c2n1. The average molecular weight is 366 g/mol. The summed E-state index contributed by atoms with van der Waals surface area (Å²) in [6.07, 6.45) is 2.94. The van der Waals surface area contributed by atoms with E-state index in [0.717, 1.165) is 56.2 Å². The largest absolute Gasteiger partial charge is 0.453 e. The molecule has 0 aliphatic rings. The molecule has 28 heavy (non-hydrogen) atoms. The van der Waals surface area contributed by atoms with Gasteiger partial charge in [-0.2, -0.15) is 0 Å². The maximum absolute atomic E-state index is 6.42. The molecule has 0 atom stereocenters. The van der Waals surface area contributed by atoms with E-state index in [1.807, 2.05) is 19.2 Å². The molecule has 0 amide bonds. The Morgan fingerprint density at radius 3 is 2.61 bits per heavy atom. The van der Waals surface area contributed by atoms with Crippen molar-refractivity contribution in [1.82, 2.24) is 9.97 Å². The van der Waals surface area contributed by atoms with E-state index in [9.17, 15) is 0 Å². The van der Waals surface area contributed by atoms with Gasteiger partial charge in [-0.15, -0.1) is 0 Å². The average Bonchev–Trinajstić information content (AvgIpc) is 3.07. The van der Waals surface area contributed by atoms with Crippen molar-refractivity contribution in [3.05, 3.63) is 72.1 Å². The molecule has 0 radical (unpaired) electrons. The number of rotatable bonds is 3. The Kier molecular flexibility index (Phi) is 3.90. The highest BCUT2D eigenvalue weighted by Crippen LogP contribution is 2.37. The summed E-state index contributed by atoms with van der Waals surface area (Å²) in [6, 6.07) is 19.0. The Morgan fingerprint density at radius 2 is 1.75 bits per heavy atom. The van der Waals surface area contributed by atoms with Crippen molar-refractivity contribution in [2.75, 3.05) is 0 Å². The third-order valence-electron chi connectivity index (χ3n) is 5.21. The summed E-state index contributed by atoms with van der Waals surface area (Å²) in [7, 11) is 0. The summed E-state index contributed by atoms with van der Waals surface area (Å²) in [5.41, 5.74) is 6.92. The summed E-state index contributed by atoms with van der Waals surface area (Å²) in [5, 5.41) is 3.30. The van der Waals surface area contributed by atoms with Crippen molar-refractivity contribution in [1.29, 1.82) is 0 Å². The van der Waals surface area contributed by atoms with E-state index in [1.165, 1.54) is 5.56 Å². The number of para-hydroxylation sites is 1. The zero-order chi connectivity index (χ0) is 19.3. The van der Waals surface area contributed by atoms with Gasteiger partial charge >= 0.3 is 0 Å². The van der Waals surface area contributed by atoms with Gasteiger partial charge in [0.15, 0.2) is 5.58 Å². The molecule has 2 aromatic carbocycles. The fourth-order valence-corrected chi connectivity index (χ4v) is 3.96. The minimum absolute atomic E-state index is 0.609. The van der Waals surface area contributed by atoms with Gasteiger partial charge in [0.2, 0.25) is 0 Å². The van der Waals surface area contributed by atoms with Gasteiger partial charge in [0.1, 0.15) is 11.1 Å². The first-order chi connectivity index (χ1) is 13.6. The van der Waals surface area contributed by atoms with Crippen molar-refractivity contribution in [2.45, 2.75) is 27.2 Å². The van der Waals surface area contributed by atoms with E-state index in [2.05, 4.69) is 67.4 Å². The van der Waals surface area contributed by atoms with Crippen LogP contribution in [0, 0.1) is 12.8 Å². The molecular formula is C25H22N2O. The molecule has 0 N–H and O–H groups in total. The summed E-state index contributed by atoms with van der Waals surface area (Å²) in [4.78, 5) is 9.38. The lowest BCUT2D eigenvalue weighted by Gasteiger charge is -2.07. The second kappa shape index (κ2) is 6.45. The third-order valence-corrected chi connectivity index (χ3v) is 5.21. The van der Waals surface area contributed by atoms with Crippen molar-refractivity contribution in [3.8, 4) is 11.3 Å². The van der Waals surface area contributed by atoms with Gasteiger partial charge in [0.25, 0.3) is 0 Å². The molecule has 0 aliphatic carbocycles. The predicted molar refractivity (Wildman–Crippen MR) is 116 cm³/mol. The number of hydrogen-bond acceptors (Lipinski definition) is 3. The lowest BCUT2D eigenvalue weighted by molar-refractivity contribution is 0.647. The first kappa shape index (κ1) is 16.9. The molecular weight excluding hydrogens is 344 g/mol. The van der Waals surface area contributed by atoms with Crippen LogP contribution < -0.4 is 0 Å². The van der Waals surface area contributed by atoms with Crippen LogP contribution in [0.5, 0.6) is 0 Å². The van der Waals surface area contributed by atoms with Gasteiger partial charge in [-0.05, 0) is 55.2 Å². The Hall–Kier alpha value is -3.20. The van der Waals surface area contributed by atoms with E-state index in [1.54, 1.807) is 0 Å². The monoisotopic (exact) mass is 366 g/mol. The van der Waals surface area contributed by atoms with Crippen LogP contribution in [-0.4, -0.2) is 9.97 Å². The van der Waals surface area contributed by atoms with E-state index in [4.69, 9.17) is 9.40 Å². The molecule has 0 saturated carbocycles. The highest BCUT2D eigenvalue weighted by atomic mass is 16.3. The quantitative estimate of drug-likeness (QED) is 0.356. The second-order valence-corrected chi connectivity index (χ2v) is 7.90. The molecule has 0 aliphatic heterocycles. The standard InChI is InChI=1S/C25H22N2O/c1-15(2)13-17-11-12-26-22(14-17)21-6-4-5-19-20-10-9-18-8-7-16(3)27-23(18)25(20)28-24(19)21/h4-12,14-15H,13H2,1-3H3. The maximum atomic E-state index is 6.42. The lowest BCUT2D eigenvalue weighted by Crippen LogP contribution is -1.95. The fraction of sp³-hybridized carbons (Fsp3) is 0.200. The zero-order valence-corrected chi connectivity index (χ0v) is 16.4. The number of hydrogen-bond donors (Lipinski definition) is 0. The Morgan fingerprint density at radius 1 is 0.929 bits per heavy atom. The highest BCUT2D eigenvalue weighted by molar-refractivity contribution is 6.16. The number of aryl methyl sites for hydroxylation is 1. The number of aromatic nitrogens is 2. The minimum Gasteiger partial charge on any atom is -0.453 e. The minimum atomic E-state index is 0.609. The Bertz CT molecular complexity index is 1330. The molecule has 5 rings (SSSR count). The summed E-state index contributed by atoms with van der Waals surface area (Å²) in [5.74, 6) is 0.609. The fourth-order valence-electron chi connectivity index (χ4n) is 3.96. The highest BCUT2D eigenvalue weighted by Gasteiger charge is 2.16. The van der Waals surface area contributed by atoms with Gasteiger partial charge in [0, 0.05) is 33.6 Å². The van der Waals surface area contributed by atoms with Gasteiger partial charge in [0.05, 0.1) is 5.69 Å². The molecule has 0 spiro atoms. The van der Waals surface area contributed by atoms with E-state index in [0.29, 0.717) is 5.92 Å². The van der Waals surface area contributed by atoms with Crippen molar-refractivity contribution in [3.63, 3.8) is 0 Å². The van der Waals surface area contributed by atoms with Crippen LogP contribution in [0.25, 0.3) is 44.1 Å². The lowest BCUT2D eigenvalue weighted by atomic mass is 10.0. The summed E-state index contributed by atoms with van der Waals surface area (Å²) in [6.45, 7) is 6.48. The number of furan rings is 1. The molecule has 0 fully saturated rings. The summed E-state index contributed by atoms with van der Waals surface area (Å²) < 4.78 is 6.42. The maximum Gasteiger partial charge on any atom is 0.161 e. The number of benzene rings is 2. The van der Waals surface area contributed by atoms with E-state index >= 15 is 0 Å².